The summed E-state index contributed by atoms with van der Waals surface area (Å²) in [6.45, 7) is 6.53. The molecule has 1 saturated heterocycles. The molecule has 2 aromatic rings. The fourth-order valence-corrected chi connectivity index (χ4v) is 3.87. The van der Waals surface area contributed by atoms with Crippen LogP contribution >= 0.6 is 0 Å². The lowest BCUT2D eigenvalue weighted by Crippen LogP contribution is -2.53. The van der Waals surface area contributed by atoms with Crippen LogP contribution in [0.2, 0.25) is 0 Å². The van der Waals surface area contributed by atoms with Crippen LogP contribution in [-0.2, 0) is 16.0 Å². The minimum atomic E-state index is -0.627. The highest BCUT2D eigenvalue weighted by atomic mass is 16.2. The molecule has 0 unspecified atom stereocenters. The van der Waals surface area contributed by atoms with Crippen LogP contribution in [0.4, 0.5) is 10.5 Å². The summed E-state index contributed by atoms with van der Waals surface area (Å²) in [5.41, 5.74) is 4.00. The number of amides is 4. The second-order valence-corrected chi connectivity index (χ2v) is 8.51. The highest BCUT2D eigenvalue weighted by molar-refractivity contribution is 5.89. The standard InChI is InChI=1S/C25H32N4O3/c1-17-7-9-20(10-8-17)16-23(26-19(3)30)24(31)27-21-11-13-29(14-12-21)25(32)28-22-6-4-5-18(2)15-22/h4-10,15,21,23H,11-14,16H2,1-3H3,(H,26,30)(H,27,31)(H,28,32)/t23-/m1/s1. The van der Waals surface area contributed by atoms with Gasteiger partial charge in [0.2, 0.25) is 11.8 Å². The molecule has 1 aliphatic heterocycles. The first kappa shape index (κ1) is 23.3. The molecule has 0 radical (unpaired) electrons. The van der Waals surface area contributed by atoms with Gasteiger partial charge in [-0.25, -0.2) is 4.79 Å². The van der Waals surface area contributed by atoms with Crippen LogP contribution in [0, 0.1) is 13.8 Å². The van der Waals surface area contributed by atoms with Gasteiger partial charge in [-0.1, -0.05) is 42.0 Å². The van der Waals surface area contributed by atoms with Gasteiger partial charge in [0.15, 0.2) is 0 Å². The smallest absolute Gasteiger partial charge is 0.321 e. The van der Waals surface area contributed by atoms with Crippen molar-refractivity contribution in [2.45, 2.75) is 52.1 Å². The Morgan fingerprint density at radius 1 is 1.00 bits per heavy atom. The molecule has 1 fully saturated rings. The van der Waals surface area contributed by atoms with Crippen LogP contribution in [0.1, 0.15) is 36.5 Å². The van der Waals surface area contributed by atoms with Crippen molar-refractivity contribution in [1.29, 1.82) is 0 Å². The molecule has 0 spiro atoms. The van der Waals surface area contributed by atoms with E-state index in [0.29, 0.717) is 32.4 Å². The SMILES string of the molecule is CC(=O)N[C@H](Cc1ccc(C)cc1)C(=O)NC1CCN(C(=O)Nc2cccc(C)c2)CC1. The van der Waals surface area contributed by atoms with E-state index in [-0.39, 0.29) is 23.9 Å². The van der Waals surface area contributed by atoms with Gasteiger partial charge >= 0.3 is 6.03 Å². The fourth-order valence-electron chi connectivity index (χ4n) is 3.87. The van der Waals surface area contributed by atoms with Gasteiger partial charge in [0.25, 0.3) is 0 Å². The number of piperidine rings is 1. The zero-order chi connectivity index (χ0) is 23.1. The molecule has 170 valence electrons. The van der Waals surface area contributed by atoms with Crippen molar-refractivity contribution in [1.82, 2.24) is 15.5 Å². The van der Waals surface area contributed by atoms with Crippen molar-refractivity contribution in [2.24, 2.45) is 0 Å². The molecule has 1 atom stereocenters. The van der Waals surface area contributed by atoms with Gasteiger partial charge in [0.05, 0.1) is 0 Å². The Labute approximate surface area is 189 Å². The molecule has 1 aliphatic rings. The van der Waals surface area contributed by atoms with E-state index in [1.807, 2.05) is 62.4 Å². The highest BCUT2D eigenvalue weighted by Crippen LogP contribution is 2.15. The molecule has 2 aromatic carbocycles. The van der Waals surface area contributed by atoms with E-state index in [2.05, 4.69) is 16.0 Å². The van der Waals surface area contributed by atoms with Crippen molar-refractivity contribution >= 4 is 23.5 Å². The van der Waals surface area contributed by atoms with Gasteiger partial charge < -0.3 is 20.9 Å². The lowest BCUT2D eigenvalue weighted by atomic mass is 10.0. The third kappa shape index (κ3) is 6.83. The summed E-state index contributed by atoms with van der Waals surface area (Å²) in [6, 6.07) is 14.9. The number of carbonyl (C=O) groups excluding carboxylic acids is 3. The first-order valence-corrected chi connectivity index (χ1v) is 11.1. The van der Waals surface area contributed by atoms with Crippen LogP contribution in [-0.4, -0.2) is 47.9 Å². The summed E-state index contributed by atoms with van der Waals surface area (Å²) in [6.07, 6.45) is 1.78. The summed E-state index contributed by atoms with van der Waals surface area (Å²) in [5.74, 6) is -0.427. The molecule has 7 nitrogen and oxygen atoms in total. The second kappa shape index (κ2) is 10.8. The van der Waals surface area contributed by atoms with Gasteiger partial charge in [0.1, 0.15) is 6.04 Å². The second-order valence-electron chi connectivity index (χ2n) is 8.51. The number of urea groups is 1. The first-order chi connectivity index (χ1) is 15.3. The maximum Gasteiger partial charge on any atom is 0.321 e. The maximum atomic E-state index is 12.9. The van der Waals surface area contributed by atoms with E-state index in [4.69, 9.17) is 0 Å². The number of hydrogen-bond donors (Lipinski definition) is 3. The van der Waals surface area contributed by atoms with Gasteiger partial charge in [-0.15, -0.1) is 0 Å². The predicted molar refractivity (Wildman–Crippen MR) is 125 cm³/mol. The van der Waals surface area contributed by atoms with Crippen LogP contribution in [0.15, 0.2) is 48.5 Å². The number of carbonyl (C=O) groups is 3. The van der Waals surface area contributed by atoms with Crippen molar-refractivity contribution in [3.8, 4) is 0 Å². The molecule has 3 rings (SSSR count). The van der Waals surface area contributed by atoms with Gasteiger partial charge in [-0.2, -0.15) is 0 Å². The Hall–Kier alpha value is -3.35. The topological polar surface area (TPSA) is 90.5 Å². The van der Waals surface area contributed by atoms with Crippen LogP contribution in [0.5, 0.6) is 0 Å². The highest BCUT2D eigenvalue weighted by Gasteiger charge is 2.27. The van der Waals surface area contributed by atoms with E-state index >= 15 is 0 Å². The number of anilines is 1. The van der Waals surface area contributed by atoms with Crippen molar-refractivity contribution in [2.75, 3.05) is 18.4 Å². The minimum Gasteiger partial charge on any atom is -0.351 e. The molecule has 0 aromatic heterocycles. The summed E-state index contributed by atoms with van der Waals surface area (Å²) in [5, 5.41) is 8.76. The predicted octanol–water partition coefficient (Wildman–Crippen LogP) is 3.16. The molecule has 0 saturated carbocycles. The number of nitrogens with one attached hydrogen (secondary N) is 3. The average molecular weight is 437 g/mol. The Kier molecular flexibility index (Phi) is 7.87. The maximum absolute atomic E-state index is 12.9. The fraction of sp³-hybridized carbons (Fsp3) is 0.400. The monoisotopic (exact) mass is 436 g/mol. The molecule has 3 N–H and O–H groups in total. The largest absolute Gasteiger partial charge is 0.351 e. The van der Waals surface area contributed by atoms with Crippen LogP contribution in [0.3, 0.4) is 0 Å². The molecule has 4 amide bonds. The molecular weight excluding hydrogens is 404 g/mol. The number of benzene rings is 2. The summed E-state index contributed by atoms with van der Waals surface area (Å²) in [4.78, 5) is 38.8. The molecule has 32 heavy (non-hydrogen) atoms. The number of likely N-dealkylation sites (tertiary alicyclic amines) is 1. The van der Waals surface area contributed by atoms with Crippen molar-refractivity contribution < 1.29 is 14.4 Å². The molecule has 0 bridgehead atoms. The van der Waals surface area contributed by atoms with E-state index in [9.17, 15) is 14.4 Å². The third-order valence-electron chi connectivity index (χ3n) is 5.65. The lowest BCUT2D eigenvalue weighted by Gasteiger charge is -2.33. The number of hydrogen-bond acceptors (Lipinski definition) is 3. The summed E-state index contributed by atoms with van der Waals surface area (Å²) < 4.78 is 0. The van der Waals surface area contributed by atoms with E-state index < -0.39 is 6.04 Å². The Morgan fingerprint density at radius 3 is 2.31 bits per heavy atom. The van der Waals surface area contributed by atoms with Gasteiger partial charge in [0, 0.05) is 38.2 Å². The first-order valence-electron chi connectivity index (χ1n) is 11.1. The molecule has 1 heterocycles. The normalized spacial score (nSPS) is 15.0. The van der Waals surface area contributed by atoms with Crippen molar-refractivity contribution in [3.05, 3.63) is 65.2 Å². The molecule has 0 aliphatic carbocycles. The summed E-state index contributed by atoms with van der Waals surface area (Å²) in [7, 11) is 0. The minimum absolute atomic E-state index is 0.0280. The third-order valence-corrected chi connectivity index (χ3v) is 5.65. The van der Waals surface area contributed by atoms with Gasteiger partial charge in [-0.05, 0) is 49.9 Å². The number of nitrogens with zero attached hydrogens (tertiary/aromatic N) is 1. The number of aryl methyl sites for hydroxylation is 2. The molecule has 7 heteroatoms. The Bertz CT molecular complexity index is 950. The van der Waals surface area contributed by atoms with Crippen LogP contribution < -0.4 is 16.0 Å². The lowest BCUT2D eigenvalue weighted by molar-refractivity contribution is -0.128. The zero-order valence-corrected chi connectivity index (χ0v) is 19.0. The van der Waals surface area contributed by atoms with E-state index in [1.165, 1.54) is 6.92 Å². The van der Waals surface area contributed by atoms with Crippen molar-refractivity contribution in [3.63, 3.8) is 0 Å². The summed E-state index contributed by atoms with van der Waals surface area (Å²) >= 11 is 0. The quantitative estimate of drug-likeness (QED) is 0.650. The number of rotatable bonds is 6. The van der Waals surface area contributed by atoms with Crippen LogP contribution in [0.25, 0.3) is 0 Å². The Balaban J connectivity index is 1.51. The van der Waals surface area contributed by atoms with E-state index in [1.54, 1.807) is 4.90 Å². The Morgan fingerprint density at radius 2 is 1.69 bits per heavy atom. The average Bonchev–Trinajstić information content (AvgIpc) is 2.75. The van der Waals surface area contributed by atoms with Gasteiger partial charge in [-0.3, -0.25) is 9.59 Å². The van der Waals surface area contributed by atoms with E-state index in [0.717, 1.165) is 22.4 Å². The zero-order valence-electron chi connectivity index (χ0n) is 19.0. The molecular formula is C25H32N4O3.